The predicted molar refractivity (Wildman–Crippen MR) is 121 cm³/mol. The van der Waals surface area contributed by atoms with Gasteiger partial charge in [0, 0.05) is 24.2 Å². The Hall–Kier alpha value is -3.03. The fourth-order valence-electron chi connectivity index (χ4n) is 3.22. The Morgan fingerprint density at radius 1 is 0.758 bits per heavy atom. The van der Waals surface area contributed by atoms with E-state index < -0.39 is 6.36 Å². The van der Waals surface area contributed by atoms with Crippen molar-refractivity contribution in [2.24, 2.45) is 0 Å². The van der Waals surface area contributed by atoms with Crippen molar-refractivity contribution in [2.75, 3.05) is 13.1 Å². The van der Waals surface area contributed by atoms with Gasteiger partial charge in [-0.15, -0.1) is 13.2 Å². The van der Waals surface area contributed by atoms with Gasteiger partial charge in [-0.1, -0.05) is 45.2 Å². The molecule has 180 valence electrons. The molecule has 2 aromatic carbocycles. The Morgan fingerprint density at radius 3 is 1.61 bits per heavy atom. The van der Waals surface area contributed by atoms with Crippen LogP contribution in [-0.2, 0) is 0 Å². The van der Waals surface area contributed by atoms with Crippen LogP contribution in [0, 0.1) is 0 Å². The van der Waals surface area contributed by atoms with Gasteiger partial charge in [0.05, 0.1) is 0 Å². The van der Waals surface area contributed by atoms with Gasteiger partial charge in [0.2, 0.25) is 0 Å². The molecule has 33 heavy (non-hydrogen) atoms. The molecule has 0 aromatic heterocycles. The summed E-state index contributed by atoms with van der Waals surface area (Å²) in [5, 5.41) is 5.69. The Bertz CT molecular complexity index is 879. The third-order valence-electron chi connectivity index (χ3n) is 5.11. The van der Waals surface area contributed by atoms with Crippen molar-refractivity contribution in [2.45, 2.75) is 58.2 Å². The summed E-state index contributed by atoms with van der Waals surface area (Å²) in [5.41, 5.74) is 2.15. The van der Waals surface area contributed by atoms with Gasteiger partial charge >= 0.3 is 6.36 Å². The van der Waals surface area contributed by atoms with Crippen LogP contribution in [0.25, 0.3) is 0 Å². The fraction of sp³-hybridized carbons (Fsp3) is 0.440. The van der Waals surface area contributed by atoms with Gasteiger partial charge in [0.25, 0.3) is 11.8 Å². The van der Waals surface area contributed by atoms with Crippen LogP contribution in [0.3, 0.4) is 0 Å². The molecular weight excluding hydrogens is 433 g/mol. The summed E-state index contributed by atoms with van der Waals surface area (Å²) in [6, 6.07) is 12.5. The Labute approximate surface area is 192 Å². The van der Waals surface area contributed by atoms with Crippen molar-refractivity contribution in [1.82, 2.24) is 10.6 Å². The maximum absolute atomic E-state index is 12.2. The van der Waals surface area contributed by atoms with Gasteiger partial charge in [-0.2, -0.15) is 0 Å². The van der Waals surface area contributed by atoms with Crippen LogP contribution in [0.4, 0.5) is 13.2 Å². The lowest BCUT2D eigenvalue weighted by Gasteiger charge is -2.09. The molecule has 2 rings (SSSR count). The molecule has 0 radical (unpaired) electrons. The van der Waals surface area contributed by atoms with Crippen molar-refractivity contribution < 1.29 is 27.5 Å². The lowest BCUT2D eigenvalue weighted by Crippen LogP contribution is -2.24. The van der Waals surface area contributed by atoms with Crippen LogP contribution in [0.1, 0.15) is 78.1 Å². The first-order valence-electron chi connectivity index (χ1n) is 11.2. The average Bonchev–Trinajstić information content (AvgIpc) is 2.77. The predicted octanol–water partition coefficient (Wildman–Crippen LogP) is 5.82. The Kier molecular flexibility index (Phi) is 10.2. The van der Waals surface area contributed by atoms with E-state index in [4.69, 9.17) is 0 Å². The molecule has 2 amide bonds. The highest BCUT2D eigenvalue weighted by molar-refractivity contribution is 5.94. The number of ether oxygens (including phenoxy) is 1. The fourth-order valence-corrected chi connectivity index (χ4v) is 3.22. The van der Waals surface area contributed by atoms with Crippen molar-refractivity contribution in [3.8, 4) is 5.75 Å². The van der Waals surface area contributed by atoms with E-state index >= 15 is 0 Å². The number of hydrogen-bond donors (Lipinski definition) is 2. The number of benzene rings is 2. The van der Waals surface area contributed by atoms with Crippen molar-refractivity contribution in [3.63, 3.8) is 0 Å². The molecule has 0 aliphatic carbocycles. The lowest BCUT2D eigenvalue weighted by atomic mass is 10.0. The maximum atomic E-state index is 12.2. The van der Waals surface area contributed by atoms with Gasteiger partial charge in [-0.05, 0) is 60.7 Å². The molecule has 0 saturated carbocycles. The number of unbranched alkanes of at least 4 members (excludes halogenated alkanes) is 4. The summed E-state index contributed by atoms with van der Waals surface area (Å²) < 4.78 is 40.3. The second-order valence-electron chi connectivity index (χ2n) is 8.13. The number of halogens is 3. The lowest BCUT2D eigenvalue weighted by molar-refractivity contribution is -0.274. The third kappa shape index (κ3) is 9.97. The normalized spacial score (nSPS) is 11.3. The number of carbonyl (C=O) groups excluding carboxylic acids is 2. The average molecular weight is 465 g/mol. The Morgan fingerprint density at radius 2 is 1.18 bits per heavy atom. The molecule has 8 heteroatoms. The van der Waals surface area contributed by atoms with Crippen molar-refractivity contribution >= 4 is 11.8 Å². The van der Waals surface area contributed by atoms with Gasteiger partial charge in [-0.25, -0.2) is 0 Å². The highest BCUT2D eigenvalue weighted by Crippen LogP contribution is 2.22. The highest BCUT2D eigenvalue weighted by Gasteiger charge is 2.31. The summed E-state index contributed by atoms with van der Waals surface area (Å²) in [7, 11) is 0. The van der Waals surface area contributed by atoms with Crippen molar-refractivity contribution in [3.05, 3.63) is 65.2 Å². The molecule has 0 aliphatic heterocycles. The largest absolute Gasteiger partial charge is 0.573 e. The highest BCUT2D eigenvalue weighted by atomic mass is 19.4. The molecule has 0 fully saturated rings. The van der Waals surface area contributed by atoms with Crippen LogP contribution in [0.15, 0.2) is 48.5 Å². The second kappa shape index (κ2) is 12.9. The van der Waals surface area contributed by atoms with Crippen LogP contribution in [0.5, 0.6) is 5.75 Å². The van der Waals surface area contributed by atoms with E-state index in [0.717, 1.165) is 44.2 Å². The minimum atomic E-state index is -4.75. The minimum absolute atomic E-state index is 0.0639. The van der Waals surface area contributed by atoms with Gasteiger partial charge in [-0.3, -0.25) is 9.59 Å². The zero-order chi connectivity index (χ0) is 24.3. The van der Waals surface area contributed by atoms with Gasteiger partial charge in [0.15, 0.2) is 0 Å². The number of amides is 2. The second-order valence-corrected chi connectivity index (χ2v) is 8.13. The molecule has 0 aliphatic rings. The number of alkyl halides is 3. The van der Waals surface area contributed by atoms with E-state index in [0.29, 0.717) is 24.6 Å². The Balaban J connectivity index is 1.52. The van der Waals surface area contributed by atoms with Crippen LogP contribution < -0.4 is 15.4 Å². The van der Waals surface area contributed by atoms with E-state index in [2.05, 4.69) is 29.2 Å². The van der Waals surface area contributed by atoms with E-state index in [9.17, 15) is 22.8 Å². The molecule has 0 unspecified atom stereocenters. The molecule has 0 atom stereocenters. The first-order chi connectivity index (χ1) is 15.7. The topological polar surface area (TPSA) is 67.4 Å². The monoisotopic (exact) mass is 464 g/mol. The molecular formula is C25H31F3N2O3. The molecule has 0 heterocycles. The molecule has 2 aromatic rings. The smallest absolute Gasteiger partial charge is 0.406 e. The first-order valence-corrected chi connectivity index (χ1v) is 11.2. The van der Waals surface area contributed by atoms with Gasteiger partial charge in [0.1, 0.15) is 5.75 Å². The number of nitrogens with one attached hydrogen (secondary N) is 2. The molecule has 2 N–H and O–H groups in total. The van der Waals surface area contributed by atoms with E-state index in [1.165, 1.54) is 17.7 Å². The summed E-state index contributed by atoms with van der Waals surface area (Å²) >= 11 is 0. The summed E-state index contributed by atoms with van der Waals surface area (Å²) in [6.07, 6.45) is -0.179. The third-order valence-corrected chi connectivity index (χ3v) is 5.11. The molecule has 0 spiro atoms. The summed E-state index contributed by atoms with van der Waals surface area (Å²) in [5.74, 6) is -0.327. The zero-order valence-corrected chi connectivity index (χ0v) is 19.0. The van der Waals surface area contributed by atoms with E-state index in [1.807, 2.05) is 24.3 Å². The summed E-state index contributed by atoms with van der Waals surface area (Å²) in [4.78, 5) is 24.2. The molecule has 5 nitrogen and oxygen atoms in total. The quantitative estimate of drug-likeness (QED) is 0.389. The number of hydrogen-bond acceptors (Lipinski definition) is 3. The molecule has 0 saturated heterocycles. The standard InChI is InChI=1S/C25H31F3N2O3/c1-18(2)19-8-10-20(11-9-19)23(31)29-16-6-4-3-5-7-17-30-24(32)21-12-14-22(15-13-21)33-25(26,27)28/h8-15,18H,3-7,16-17H2,1-2H3,(H,29,31)(H,30,32). The van der Waals surface area contributed by atoms with E-state index in [-0.39, 0.29) is 23.1 Å². The molecule has 0 bridgehead atoms. The van der Waals surface area contributed by atoms with Crippen LogP contribution in [0.2, 0.25) is 0 Å². The van der Waals surface area contributed by atoms with E-state index in [1.54, 1.807) is 0 Å². The first kappa shape index (κ1) is 26.2. The zero-order valence-electron chi connectivity index (χ0n) is 19.0. The van der Waals surface area contributed by atoms with Crippen molar-refractivity contribution in [1.29, 1.82) is 0 Å². The maximum Gasteiger partial charge on any atom is 0.573 e. The SMILES string of the molecule is CC(C)c1ccc(C(=O)NCCCCCCCNC(=O)c2ccc(OC(F)(F)F)cc2)cc1. The minimum Gasteiger partial charge on any atom is -0.406 e. The summed E-state index contributed by atoms with van der Waals surface area (Å²) in [6.45, 7) is 5.34. The van der Waals surface area contributed by atoms with Crippen LogP contribution >= 0.6 is 0 Å². The number of rotatable bonds is 12. The van der Waals surface area contributed by atoms with Crippen LogP contribution in [-0.4, -0.2) is 31.3 Å². The van der Waals surface area contributed by atoms with Gasteiger partial charge < -0.3 is 15.4 Å². The number of carbonyl (C=O) groups is 2.